The molecule has 0 saturated heterocycles. The number of nitrogens with zero attached hydrogens (tertiary/aromatic N) is 4. The minimum absolute atomic E-state index is 0.165. The van der Waals surface area contributed by atoms with E-state index >= 15 is 0 Å². The molecule has 7 heteroatoms. The molecule has 1 atom stereocenters. The Morgan fingerprint density at radius 2 is 1.81 bits per heavy atom. The number of benzene rings is 3. The Morgan fingerprint density at radius 3 is 2.49 bits per heavy atom. The topological polar surface area (TPSA) is 91.0 Å². The smallest absolute Gasteiger partial charge is 0.314 e. The van der Waals surface area contributed by atoms with Crippen LogP contribution in [0, 0.1) is 11.3 Å². The van der Waals surface area contributed by atoms with Gasteiger partial charge in [0, 0.05) is 12.2 Å². The molecule has 7 nitrogen and oxygen atoms in total. The predicted octanol–water partition coefficient (Wildman–Crippen LogP) is 6.21. The second-order valence-electron chi connectivity index (χ2n) is 8.89. The van der Waals surface area contributed by atoms with Crippen molar-refractivity contribution in [3.8, 4) is 11.8 Å². The molecule has 4 rings (SSSR count). The number of anilines is 1. The van der Waals surface area contributed by atoms with Crippen molar-refractivity contribution in [1.29, 1.82) is 5.26 Å². The summed E-state index contributed by atoms with van der Waals surface area (Å²) >= 11 is 0. The number of carbonyl (C=O) groups is 1. The fourth-order valence-corrected chi connectivity index (χ4v) is 4.55. The molecule has 188 valence electrons. The molecule has 0 saturated carbocycles. The van der Waals surface area contributed by atoms with Gasteiger partial charge in [-0.15, -0.1) is 0 Å². The van der Waals surface area contributed by atoms with Gasteiger partial charge >= 0.3 is 6.03 Å². The molecule has 1 heterocycles. The Kier molecular flexibility index (Phi) is 7.99. The van der Waals surface area contributed by atoms with E-state index in [0.29, 0.717) is 46.6 Å². The van der Waals surface area contributed by atoms with Gasteiger partial charge in [0.25, 0.3) is 5.56 Å². The van der Waals surface area contributed by atoms with Crippen LogP contribution in [-0.2, 0) is 6.42 Å². The number of nitrogens with one attached hydrogen (secondary N) is 1. The van der Waals surface area contributed by atoms with Gasteiger partial charge in [0.05, 0.1) is 34.3 Å². The number of aryl methyl sites for hydroxylation is 1. The molecule has 3 aromatic carbocycles. The van der Waals surface area contributed by atoms with Gasteiger partial charge in [-0.05, 0) is 67.3 Å². The minimum atomic E-state index is -0.456. The summed E-state index contributed by atoms with van der Waals surface area (Å²) < 4.78 is 1.64. The number of rotatable bonds is 8. The summed E-state index contributed by atoms with van der Waals surface area (Å²) in [7, 11) is 0. The summed E-state index contributed by atoms with van der Waals surface area (Å²) in [6.45, 7) is 6.56. The Hall–Kier alpha value is -4.44. The maximum atomic E-state index is 13.8. The van der Waals surface area contributed by atoms with E-state index in [1.807, 2.05) is 56.3 Å². The van der Waals surface area contributed by atoms with Gasteiger partial charge in [-0.3, -0.25) is 9.36 Å². The molecule has 0 bridgehead atoms. The van der Waals surface area contributed by atoms with E-state index in [0.717, 1.165) is 12.8 Å². The summed E-state index contributed by atoms with van der Waals surface area (Å²) in [5, 5.41) is 12.7. The minimum Gasteiger partial charge on any atom is -0.314 e. The van der Waals surface area contributed by atoms with Crippen molar-refractivity contribution >= 4 is 22.6 Å². The summed E-state index contributed by atoms with van der Waals surface area (Å²) in [5.74, 6) is 0.518. The van der Waals surface area contributed by atoms with Crippen LogP contribution in [0.3, 0.4) is 0 Å². The van der Waals surface area contributed by atoms with E-state index in [1.54, 1.807) is 39.8 Å². The second kappa shape index (κ2) is 11.5. The molecule has 0 radical (unpaired) electrons. The summed E-state index contributed by atoms with van der Waals surface area (Å²) in [4.78, 5) is 34.1. The number of carbonyl (C=O) groups excluding carboxylic acids is 1. The van der Waals surface area contributed by atoms with Crippen molar-refractivity contribution in [3.63, 3.8) is 0 Å². The van der Waals surface area contributed by atoms with Gasteiger partial charge in [-0.25, -0.2) is 9.78 Å². The summed E-state index contributed by atoms with van der Waals surface area (Å²) in [6.07, 6.45) is 2.18. The highest BCUT2D eigenvalue weighted by atomic mass is 16.2. The molecule has 4 aromatic rings. The zero-order valence-corrected chi connectivity index (χ0v) is 21.4. The van der Waals surface area contributed by atoms with Gasteiger partial charge in [-0.2, -0.15) is 5.26 Å². The number of urea groups is 1. The van der Waals surface area contributed by atoms with E-state index in [9.17, 15) is 14.9 Å². The summed E-state index contributed by atoms with van der Waals surface area (Å²) in [6, 6.07) is 23.4. The first kappa shape index (κ1) is 25.6. The number of amides is 2. The van der Waals surface area contributed by atoms with Gasteiger partial charge in [0.1, 0.15) is 5.82 Å². The zero-order chi connectivity index (χ0) is 26.4. The van der Waals surface area contributed by atoms with Crippen LogP contribution < -0.4 is 10.9 Å². The number of aromatic nitrogens is 2. The van der Waals surface area contributed by atoms with Gasteiger partial charge < -0.3 is 10.2 Å². The molecule has 0 fully saturated rings. The van der Waals surface area contributed by atoms with Crippen molar-refractivity contribution in [3.05, 3.63) is 100 Å². The molecule has 1 aromatic heterocycles. The van der Waals surface area contributed by atoms with E-state index in [1.165, 1.54) is 5.56 Å². The molecular weight excluding hydrogens is 462 g/mol. The molecule has 1 unspecified atom stereocenters. The van der Waals surface area contributed by atoms with Gasteiger partial charge in [-0.1, -0.05) is 51.1 Å². The Bertz CT molecular complexity index is 1500. The van der Waals surface area contributed by atoms with E-state index in [2.05, 4.69) is 18.3 Å². The average Bonchev–Trinajstić information content (AvgIpc) is 2.93. The highest BCUT2D eigenvalue weighted by Gasteiger charge is 2.29. The molecule has 37 heavy (non-hydrogen) atoms. The average molecular weight is 494 g/mol. The first-order valence-electron chi connectivity index (χ1n) is 12.7. The highest BCUT2D eigenvalue weighted by Crippen LogP contribution is 2.27. The maximum absolute atomic E-state index is 13.8. The number of hydrogen-bond donors (Lipinski definition) is 1. The number of para-hydroxylation sites is 1. The lowest BCUT2D eigenvalue weighted by Gasteiger charge is -2.32. The van der Waals surface area contributed by atoms with Crippen LogP contribution in [0.1, 0.15) is 56.6 Å². The van der Waals surface area contributed by atoms with Gasteiger partial charge in [0.15, 0.2) is 0 Å². The predicted molar refractivity (Wildman–Crippen MR) is 147 cm³/mol. The molecule has 0 spiro atoms. The van der Waals surface area contributed by atoms with E-state index in [-0.39, 0.29) is 11.6 Å². The Morgan fingerprint density at radius 1 is 1.05 bits per heavy atom. The largest absolute Gasteiger partial charge is 0.322 e. The fraction of sp³-hybridized carbons (Fsp3) is 0.267. The third kappa shape index (κ3) is 5.39. The molecule has 2 amide bonds. The molecule has 0 aliphatic carbocycles. The van der Waals surface area contributed by atoms with Crippen LogP contribution in [0.4, 0.5) is 10.5 Å². The third-order valence-electron chi connectivity index (χ3n) is 6.43. The SMILES string of the molecule is CCCN(C(=O)Nc1cccc(C#N)c1)C(CC)c1nc2ccccc2c(=O)n1-c1ccc(CC)cc1. The molecule has 1 N–H and O–H groups in total. The Labute approximate surface area is 217 Å². The third-order valence-corrected chi connectivity index (χ3v) is 6.43. The van der Waals surface area contributed by atoms with Crippen LogP contribution >= 0.6 is 0 Å². The monoisotopic (exact) mass is 493 g/mol. The van der Waals surface area contributed by atoms with Crippen LogP contribution in [0.25, 0.3) is 16.6 Å². The van der Waals surface area contributed by atoms with Crippen molar-refractivity contribution < 1.29 is 4.79 Å². The van der Waals surface area contributed by atoms with E-state index in [4.69, 9.17) is 4.98 Å². The normalized spacial score (nSPS) is 11.6. The number of nitriles is 1. The quantitative estimate of drug-likeness (QED) is 0.316. The number of fused-ring (bicyclic) bond motifs is 1. The molecule has 0 aliphatic heterocycles. The van der Waals surface area contributed by atoms with Crippen molar-refractivity contribution in [2.75, 3.05) is 11.9 Å². The van der Waals surface area contributed by atoms with Crippen LogP contribution in [0.15, 0.2) is 77.6 Å². The van der Waals surface area contributed by atoms with Crippen molar-refractivity contribution in [2.24, 2.45) is 0 Å². The van der Waals surface area contributed by atoms with Crippen molar-refractivity contribution in [1.82, 2.24) is 14.5 Å². The first-order valence-corrected chi connectivity index (χ1v) is 12.7. The lowest BCUT2D eigenvalue weighted by molar-refractivity contribution is 0.181. The van der Waals surface area contributed by atoms with Gasteiger partial charge in [0.2, 0.25) is 0 Å². The molecule has 0 aliphatic rings. The first-order chi connectivity index (χ1) is 18.0. The second-order valence-corrected chi connectivity index (χ2v) is 8.89. The molecular formula is C30H31N5O2. The fourth-order valence-electron chi connectivity index (χ4n) is 4.55. The lowest BCUT2D eigenvalue weighted by atomic mass is 10.1. The van der Waals surface area contributed by atoms with Crippen molar-refractivity contribution in [2.45, 2.75) is 46.1 Å². The van der Waals surface area contributed by atoms with Crippen LogP contribution in [0.5, 0.6) is 0 Å². The maximum Gasteiger partial charge on any atom is 0.322 e. The highest BCUT2D eigenvalue weighted by molar-refractivity contribution is 5.90. The van der Waals surface area contributed by atoms with Crippen LogP contribution in [0.2, 0.25) is 0 Å². The zero-order valence-electron chi connectivity index (χ0n) is 21.4. The van der Waals surface area contributed by atoms with Crippen LogP contribution in [-0.4, -0.2) is 27.0 Å². The standard InChI is InChI=1S/C30H31N5O2/c1-4-18-34(30(37)32-23-11-9-10-22(19-23)20-31)27(6-3)28-33-26-13-8-7-12-25(26)29(36)35(28)24-16-14-21(5-2)15-17-24/h7-17,19,27H,4-6,18H2,1-3H3,(H,32,37). The number of hydrogen-bond acceptors (Lipinski definition) is 4. The Balaban J connectivity index is 1.85. The van der Waals surface area contributed by atoms with E-state index < -0.39 is 6.04 Å². The summed E-state index contributed by atoms with van der Waals surface area (Å²) in [5.41, 5.74) is 3.33. The lowest BCUT2D eigenvalue weighted by Crippen LogP contribution is -2.41.